The third-order valence-electron chi connectivity index (χ3n) is 8.45. The Hall–Kier alpha value is -5.80. The third-order valence-corrected chi connectivity index (χ3v) is 8.45. The molecule has 3 heteroatoms. The van der Waals surface area contributed by atoms with Crippen LogP contribution in [0, 0.1) is 0 Å². The summed E-state index contributed by atoms with van der Waals surface area (Å²) < 4.78 is 6.60. The summed E-state index contributed by atoms with van der Waals surface area (Å²) in [5, 5.41) is 4.57. The molecular weight excluding hydrogens is 524 g/mol. The van der Waals surface area contributed by atoms with E-state index >= 15 is 0 Å². The van der Waals surface area contributed by atoms with Gasteiger partial charge in [0, 0.05) is 22.1 Å². The number of ether oxygens (including phenoxy) is 1. The van der Waals surface area contributed by atoms with Crippen molar-refractivity contribution in [3.05, 3.63) is 146 Å². The van der Waals surface area contributed by atoms with E-state index in [2.05, 4.69) is 115 Å². The standard InChI is InChI=1S/C40H24N2O/c1-2-9-25(10-3-1)28-19-20-30-31-13-8-14-32-33(21-22-36(38(31)32)43-37(30)24-28)40-39(41-34-15-6-7-16-35(34)42-40)29-18-17-26-11-4-5-12-27(26)23-29/h1-24H. The Kier molecular flexibility index (Phi) is 5.20. The van der Waals surface area contributed by atoms with E-state index in [0.29, 0.717) is 0 Å². The van der Waals surface area contributed by atoms with E-state index in [-0.39, 0.29) is 0 Å². The van der Waals surface area contributed by atoms with Crippen molar-refractivity contribution < 1.29 is 4.74 Å². The summed E-state index contributed by atoms with van der Waals surface area (Å²) >= 11 is 0. The Balaban J connectivity index is 1.27. The van der Waals surface area contributed by atoms with E-state index in [1.165, 1.54) is 16.3 Å². The van der Waals surface area contributed by atoms with Crippen LogP contribution in [0.25, 0.3) is 77.3 Å². The molecule has 0 fully saturated rings. The maximum absolute atomic E-state index is 6.60. The summed E-state index contributed by atoms with van der Waals surface area (Å²) in [4.78, 5) is 10.4. The topological polar surface area (TPSA) is 35.0 Å². The number of hydrogen-bond donors (Lipinski definition) is 0. The lowest BCUT2D eigenvalue weighted by molar-refractivity contribution is 0.487. The molecule has 0 amide bonds. The van der Waals surface area contributed by atoms with Crippen LogP contribution in [0.4, 0.5) is 0 Å². The van der Waals surface area contributed by atoms with Crippen LogP contribution in [-0.4, -0.2) is 9.97 Å². The Morgan fingerprint density at radius 3 is 1.98 bits per heavy atom. The molecule has 9 rings (SSSR count). The molecule has 0 radical (unpaired) electrons. The summed E-state index contributed by atoms with van der Waals surface area (Å²) in [5.74, 6) is 1.73. The van der Waals surface area contributed by atoms with Gasteiger partial charge in [0.1, 0.15) is 11.5 Å². The average molecular weight is 549 g/mol. The van der Waals surface area contributed by atoms with Crippen molar-refractivity contribution in [2.75, 3.05) is 0 Å². The van der Waals surface area contributed by atoms with E-state index in [0.717, 1.165) is 72.5 Å². The lowest BCUT2D eigenvalue weighted by atomic mass is 9.89. The van der Waals surface area contributed by atoms with Crippen LogP contribution in [0.2, 0.25) is 0 Å². The average Bonchev–Trinajstić information content (AvgIpc) is 3.08. The van der Waals surface area contributed by atoms with Crippen molar-refractivity contribution in [2.24, 2.45) is 0 Å². The summed E-state index contributed by atoms with van der Waals surface area (Å²) in [5.41, 5.74) is 10.1. The maximum Gasteiger partial charge on any atom is 0.135 e. The Morgan fingerprint density at radius 2 is 1.12 bits per heavy atom. The van der Waals surface area contributed by atoms with Crippen molar-refractivity contribution in [1.82, 2.24) is 9.97 Å². The Bertz CT molecular complexity index is 2380. The number of hydrogen-bond acceptors (Lipinski definition) is 3. The summed E-state index contributed by atoms with van der Waals surface area (Å²) in [7, 11) is 0. The predicted molar refractivity (Wildman–Crippen MR) is 176 cm³/mol. The number of nitrogens with zero attached hydrogens (tertiary/aromatic N) is 2. The van der Waals surface area contributed by atoms with E-state index in [1.54, 1.807) is 0 Å². The third kappa shape index (κ3) is 3.83. The van der Waals surface area contributed by atoms with Gasteiger partial charge in [-0.25, -0.2) is 9.97 Å². The van der Waals surface area contributed by atoms with Crippen LogP contribution in [0.15, 0.2) is 146 Å². The molecule has 3 nitrogen and oxygen atoms in total. The second-order valence-corrected chi connectivity index (χ2v) is 11.0. The van der Waals surface area contributed by atoms with Gasteiger partial charge in [-0.15, -0.1) is 0 Å². The number of para-hydroxylation sites is 2. The molecule has 1 aromatic heterocycles. The van der Waals surface area contributed by atoms with Gasteiger partial charge in [0.2, 0.25) is 0 Å². The molecule has 7 aromatic carbocycles. The molecule has 8 aromatic rings. The molecule has 0 saturated heterocycles. The first-order valence-electron chi connectivity index (χ1n) is 14.5. The van der Waals surface area contributed by atoms with Gasteiger partial charge in [0.15, 0.2) is 0 Å². The number of aromatic nitrogens is 2. The highest BCUT2D eigenvalue weighted by molar-refractivity contribution is 6.11. The molecule has 200 valence electrons. The highest BCUT2D eigenvalue weighted by atomic mass is 16.5. The fourth-order valence-corrected chi connectivity index (χ4v) is 6.37. The summed E-state index contributed by atoms with van der Waals surface area (Å²) in [6, 6.07) is 50.7. The van der Waals surface area contributed by atoms with E-state index in [9.17, 15) is 0 Å². The van der Waals surface area contributed by atoms with Crippen molar-refractivity contribution in [3.8, 4) is 56.3 Å². The van der Waals surface area contributed by atoms with E-state index < -0.39 is 0 Å². The van der Waals surface area contributed by atoms with Gasteiger partial charge >= 0.3 is 0 Å². The van der Waals surface area contributed by atoms with Crippen molar-refractivity contribution in [3.63, 3.8) is 0 Å². The van der Waals surface area contributed by atoms with Crippen LogP contribution >= 0.6 is 0 Å². The molecular formula is C40H24N2O. The van der Waals surface area contributed by atoms with Crippen molar-refractivity contribution in [1.29, 1.82) is 0 Å². The largest absolute Gasteiger partial charge is 0.456 e. The molecule has 0 aliphatic carbocycles. The minimum absolute atomic E-state index is 0.855. The first-order valence-corrected chi connectivity index (χ1v) is 14.5. The van der Waals surface area contributed by atoms with Crippen LogP contribution in [0.3, 0.4) is 0 Å². The first kappa shape index (κ1) is 23.9. The van der Waals surface area contributed by atoms with Crippen LogP contribution in [0.1, 0.15) is 0 Å². The van der Waals surface area contributed by atoms with Crippen molar-refractivity contribution in [2.45, 2.75) is 0 Å². The van der Waals surface area contributed by atoms with Gasteiger partial charge < -0.3 is 4.74 Å². The molecule has 0 N–H and O–H groups in total. The van der Waals surface area contributed by atoms with Gasteiger partial charge in [0.05, 0.1) is 22.4 Å². The van der Waals surface area contributed by atoms with Gasteiger partial charge in [-0.1, -0.05) is 103 Å². The molecule has 2 heterocycles. The fraction of sp³-hybridized carbons (Fsp3) is 0. The highest BCUT2D eigenvalue weighted by Gasteiger charge is 2.24. The summed E-state index contributed by atoms with van der Waals surface area (Å²) in [6.45, 7) is 0. The second kappa shape index (κ2) is 9.37. The minimum atomic E-state index is 0.855. The Morgan fingerprint density at radius 1 is 0.395 bits per heavy atom. The zero-order valence-electron chi connectivity index (χ0n) is 23.2. The minimum Gasteiger partial charge on any atom is -0.456 e. The Labute approximate surface area is 248 Å². The lowest BCUT2D eigenvalue weighted by Crippen LogP contribution is -2.00. The van der Waals surface area contributed by atoms with Crippen LogP contribution < -0.4 is 4.74 Å². The molecule has 0 unspecified atom stereocenters. The van der Waals surface area contributed by atoms with Gasteiger partial charge in [0.25, 0.3) is 0 Å². The van der Waals surface area contributed by atoms with Gasteiger partial charge in [-0.2, -0.15) is 0 Å². The molecule has 1 aliphatic rings. The predicted octanol–water partition coefficient (Wildman–Crippen LogP) is 10.7. The SMILES string of the molecule is c1ccc(-c2ccc3c(c2)Oc2ccc(-c4nc5ccccc5nc4-c4ccc5ccccc5c4)c4cccc-3c24)cc1. The number of benzene rings is 7. The maximum atomic E-state index is 6.60. The smallest absolute Gasteiger partial charge is 0.135 e. The molecule has 0 spiro atoms. The molecule has 1 aliphatic heterocycles. The zero-order valence-corrected chi connectivity index (χ0v) is 23.2. The van der Waals surface area contributed by atoms with Gasteiger partial charge in [-0.3, -0.25) is 0 Å². The molecule has 0 bridgehead atoms. The molecule has 0 saturated carbocycles. The van der Waals surface area contributed by atoms with Crippen molar-refractivity contribution >= 4 is 32.6 Å². The first-order chi connectivity index (χ1) is 21.3. The van der Waals surface area contributed by atoms with E-state index in [4.69, 9.17) is 14.7 Å². The fourth-order valence-electron chi connectivity index (χ4n) is 6.37. The van der Waals surface area contributed by atoms with E-state index in [1.807, 2.05) is 30.3 Å². The number of rotatable bonds is 3. The monoisotopic (exact) mass is 548 g/mol. The summed E-state index contributed by atoms with van der Waals surface area (Å²) in [6.07, 6.45) is 0. The van der Waals surface area contributed by atoms with Gasteiger partial charge in [-0.05, 0) is 75.3 Å². The van der Waals surface area contributed by atoms with Crippen LogP contribution in [0.5, 0.6) is 11.5 Å². The number of fused-ring (bicyclic) bond motifs is 4. The quantitative estimate of drug-likeness (QED) is 0.220. The normalized spacial score (nSPS) is 11.9. The lowest BCUT2D eigenvalue weighted by Gasteiger charge is -2.23. The zero-order chi connectivity index (χ0) is 28.3. The molecule has 43 heavy (non-hydrogen) atoms. The molecule has 0 atom stereocenters. The van der Waals surface area contributed by atoms with Crippen LogP contribution in [-0.2, 0) is 0 Å². The highest BCUT2D eigenvalue weighted by Crippen LogP contribution is 2.50. The second-order valence-electron chi connectivity index (χ2n) is 11.0.